The number of benzene rings is 1. The molecule has 0 aliphatic carbocycles. The van der Waals surface area contributed by atoms with Crippen LogP contribution in [0.5, 0.6) is 0 Å². The van der Waals surface area contributed by atoms with Gasteiger partial charge in [0.25, 0.3) is 0 Å². The Morgan fingerprint density at radius 2 is 1.89 bits per heavy atom. The van der Waals surface area contributed by atoms with Crippen molar-refractivity contribution in [3.05, 3.63) is 34.9 Å². The first kappa shape index (κ1) is 15.2. The summed E-state index contributed by atoms with van der Waals surface area (Å²) < 4.78 is 0. The second-order valence-corrected chi connectivity index (χ2v) is 5.68. The predicted molar refractivity (Wildman–Crippen MR) is 79.9 cm³/mol. The third-order valence-corrected chi connectivity index (χ3v) is 3.80. The van der Waals surface area contributed by atoms with E-state index in [1.807, 2.05) is 0 Å². The molecule has 0 fully saturated rings. The van der Waals surface area contributed by atoms with Gasteiger partial charge in [-0.15, -0.1) is 0 Å². The third-order valence-electron chi connectivity index (χ3n) is 3.80. The smallest absolute Gasteiger partial charge is 0.0236 e. The molecule has 0 radical (unpaired) electrons. The van der Waals surface area contributed by atoms with E-state index in [2.05, 4.69) is 57.8 Å². The van der Waals surface area contributed by atoms with E-state index < -0.39 is 0 Å². The lowest BCUT2D eigenvalue weighted by Gasteiger charge is -2.25. The van der Waals surface area contributed by atoms with Crippen molar-refractivity contribution in [2.45, 2.75) is 52.6 Å². The molecule has 1 rings (SSSR count). The van der Waals surface area contributed by atoms with Gasteiger partial charge in [0.05, 0.1) is 0 Å². The molecule has 1 atom stereocenters. The van der Waals surface area contributed by atoms with Crippen molar-refractivity contribution in [2.75, 3.05) is 13.6 Å². The van der Waals surface area contributed by atoms with Crippen LogP contribution in [0.4, 0.5) is 0 Å². The van der Waals surface area contributed by atoms with Gasteiger partial charge in [-0.1, -0.05) is 32.0 Å². The Hall–Kier alpha value is -0.860. The summed E-state index contributed by atoms with van der Waals surface area (Å²) in [6.07, 6.45) is 1.05. The van der Waals surface area contributed by atoms with E-state index in [9.17, 15) is 0 Å². The van der Waals surface area contributed by atoms with Gasteiger partial charge in [0.1, 0.15) is 0 Å². The fourth-order valence-electron chi connectivity index (χ4n) is 2.11. The molecule has 2 N–H and O–H groups in total. The second kappa shape index (κ2) is 6.91. The minimum atomic E-state index is 0.539. The normalized spacial score (nSPS) is 13.3. The van der Waals surface area contributed by atoms with Crippen molar-refractivity contribution in [1.82, 2.24) is 4.90 Å². The highest BCUT2D eigenvalue weighted by Gasteiger charge is 2.11. The third kappa shape index (κ3) is 4.11. The maximum Gasteiger partial charge on any atom is 0.0236 e. The Labute approximate surface area is 112 Å². The number of nitrogens with zero attached hydrogens (tertiary/aromatic N) is 1. The molecule has 0 amide bonds. The van der Waals surface area contributed by atoms with Crippen LogP contribution in [0.2, 0.25) is 0 Å². The Bertz CT molecular complexity index is 371. The van der Waals surface area contributed by atoms with Gasteiger partial charge in [0.15, 0.2) is 0 Å². The number of aryl methyl sites for hydroxylation is 1. The molecular weight excluding hydrogens is 220 g/mol. The van der Waals surface area contributed by atoms with E-state index in [-0.39, 0.29) is 0 Å². The van der Waals surface area contributed by atoms with Gasteiger partial charge in [-0.05, 0) is 56.5 Å². The van der Waals surface area contributed by atoms with Crippen LogP contribution >= 0.6 is 0 Å². The quantitative estimate of drug-likeness (QED) is 0.837. The van der Waals surface area contributed by atoms with Gasteiger partial charge in [-0.25, -0.2) is 0 Å². The van der Waals surface area contributed by atoms with Crippen LogP contribution in [0, 0.1) is 6.92 Å². The molecule has 0 saturated carbocycles. The highest BCUT2D eigenvalue weighted by Crippen LogP contribution is 2.20. The van der Waals surface area contributed by atoms with Gasteiger partial charge < -0.3 is 5.73 Å². The van der Waals surface area contributed by atoms with E-state index in [0.717, 1.165) is 19.5 Å². The highest BCUT2D eigenvalue weighted by molar-refractivity contribution is 5.32. The summed E-state index contributed by atoms with van der Waals surface area (Å²) in [7, 11) is 2.18. The molecule has 0 aliphatic heterocycles. The largest absolute Gasteiger partial charge is 0.330 e. The molecule has 0 spiro atoms. The zero-order chi connectivity index (χ0) is 13.7. The summed E-state index contributed by atoms with van der Waals surface area (Å²) in [6, 6.07) is 7.38. The first-order valence-corrected chi connectivity index (χ1v) is 6.95. The molecule has 2 heteroatoms. The summed E-state index contributed by atoms with van der Waals surface area (Å²) in [6.45, 7) is 10.7. The standard InChI is InChI=1S/C16H28N2/c1-12(2)15-7-6-13(3)16(10-15)11-18(5)14(4)8-9-17/h6-7,10,12,14H,8-9,11,17H2,1-5H3. The average molecular weight is 248 g/mol. The molecular formula is C16H28N2. The predicted octanol–water partition coefficient (Wildman–Crippen LogP) is 3.29. The van der Waals surface area contributed by atoms with E-state index in [1.165, 1.54) is 16.7 Å². The summed E-state index contributed by atoms with van der Waals surface area (Å²) in [5, 5.41) is 0. The molecule has 0 aliphatic rings. The second-order valence-electron chi connectivity index (χ2n) is 5.68. The van der Waals surface area contributed by atoms with Crippen LogP contribution in [0.1, 0.15) is 49.8 Å². The van der Waals surface area contributed by atoms with Gasteiger partial charge in [0, 0.05) is 12.6 Å². The lowest BCUT2D eigenvalue weighted by Crippen LogP contribution is -2.30. The van der Waals surface area contributed by atoms with Gasteiger partial charge >= 0.3 is 0 Å². The summed E-state index contributed by atoms with van der Waals surface area (Å²) in [5.41, 5.74) is 9.87. The fourth-order valence-corrected chi connectivity index (χ4v) is 2.11. The molecule has 1 aromatic carbocycles. The molecule has 0 aromatic heterocycles. The maximum absolute atomic E-state index is 5.63. The van der Waals surface area contributed by atoms with Crippen LogP contribution in [0.3, 0.4) is 0 Å². The van der Waals surface area contributed by atoms with Gasteiger partial charge in [0.2, 0.25) is 0 Å². The van der Waals surface area contributed by atoms with E-state index >= 15 is 0 Å². The molecule has 2 nitrogen and oxygen atoms in total. The number of hydrogen-bond acceptors (Lipinski definition) is 2. The lowest BCUT2D eigenvalue weighted by atomic mass is 9.97. The van der Waals surface area contributed by atoms with Crippen molar-refractivity contribution in [3.8, 4) is 0 Å². The summed E-state index contributed by atoms with van der Waals surface area (Å²) >= 11 is 0. The van der Waals surface area contributed by atoms with E-state index in [0.29, 0.717) is 12.0 Å². The van der Waals surface area contributed by atoms with Crippen molar-refractivity contribution in [3.63, 3.8) is 0 Å². The average Bonchev–Trinajstić information content (AvgIpc) is 2.31. The van der Waals surface area contributed by atoms with Crippen molar-refractivity contribution < 1.29 is 0 Å². The zero-order valence-electron chi connectivity index (χ0n) is 12.5. The SMILES string of the molecule is Cc1ccc(C(C)C)cc1CN(C)C(C)CCN. The molecule has 0 saturated heterocycles. The summed E-state index contributed by atoms with van der Waals surface area (Å²) in [5.74, 6) is 0.594. The first-order valence-electron chi connectivity index (χ1n) is 6.95. The molecule has 0 heterocycles. The van der Waals surface area contributed by atoms with E-state index in [1.54, 1.807) is 0 Å². The Morgan fingerprint density at radius 3 is 2.44 bits per heavy atom. The van der Waals surface area contributed by atoms with Crippen LogP contribution in [-0.2, 0) is 6.54 Å². The molecule has 102 valence electrons. The first-order chi connectivity index (χ1) is 8.45. The molecule has 1 aromatic rings. The topological polar surface area (TPSA) is 29.3 Å². The van der Waals surface area contributed by atoms with Crippen molar-refractivity contribution >= 4 is 0 Å². The van der Waals surface area contributed by atoms with Gasteiger partial charge in [-0.2, -0.15) is 0 Å². The zero-order valence-corrected chi connectivity index (χ0v) is 12.5. The van der Waals surface area contributed by atoms with Crippen LogP contribution in [0.25, 0.3) is 0 Å². The Kier molecular flexibility index (Phi) is 5.83. The number of nitrogens with two attached hydrogens (primary N) is 1. The Morgan fingerprint density at radius 1 is 1.22 bits per heavy atom. The number of hydrogen-bond donors (Lipinski definition) is 1. The van der Waals surface area contributed by atoms with Crippen LogP contribution in [0.15, 0.2) is 18.2 Å². The molecule has 0 bridgehead atoms. The monoisotopic (exact) mass is 248 g/mol. The Balaban J connectivity index is 2.79. The fraction of sp³-hybridized carbons (Fsp3) is 0.625. The minimum absolute atomic E-state index is 0.539. The van der Waals surface area contributed by atoms with E-state index in [4.69, 9.17) is 5.73 Å². The van der Waals surface area contributed by atoms with Crippen molar-refractivity contribution in [2.24, 2.45) is 5.73 Å². The maximum atomic E-state index is 5.63. The molecule has 18 heavy (non-hydrogen) atoms. The number of rotatable bonds is 6. The minimum Gasteiger partial charge on any atom is -0.330 e. The highest BCUT2D eigenvalue weighted by atomic mass is 15.1. The lowest BCUT2D eigenvalue weighted by molar-refractivity contribution is 0.240. The van der Waals surface area contributed by atoms with Crippen molar-refractivity contribution in [1.29, 1.82) is 0 Å². The summed E-state index contributed by atoms with van der Waals surface area (Å²) in [4.78, 5) is 2.39. The van der Waals surface area contributed by atoms with Crippen LogP contribution in [-0.4, -0.2) is 24.5 Å². The molecule has 1 unspecified atom stereocenters. The van der Waals surface area contributed by atoms with Gasteiger partial charge in [-0.3, -0.25) is 4.90 Å². The van der Waals surface area contributed by atoms with Crippen LogP contribution < -0.4 is 5.73 Å².